The second-order valence-electron chi connectivity index (χ2n) is 5.46. The molecule has 3 aromatic rings. The van der Waals surface area contributed by atoms with Gasteiger partial charge in [0.1, 0.15) is 4.88 Å². The zero-order chi connectivity index (χ0) is 17.8. The second kappa shape index (κ2) is 8.28. The van der Waals surface area contributed by atoms with Gasteiger partial charge in [0, 0.05) is 26.4 Å². The van der Waals surface area contributed by atoms with Crippen LogP contribution in [0.4, 0.5) is 5.69 Å². The maximum absolute atomic E-state index is 12.5. The Labute approximate surface area is 165 Å². The lowest BCUT2D eigenvalue weighted by Crippen LogP contribution is -2.11. The van der Waals surface area contributed by atoms with Gasteiger partial charge in [0.15, 0.2) is 0 Å². The maximum atomic E-state index is 12.5. The minimum absolute atomic E-state index is 0.0939. The molecular formula is C19H15Cl2NOS2. The quantitative estimate of drug-likeness (QED) is 0.465. The molecule has 25 heavy (non-hydrogen) atoms. The first kappa shape index (κ1) is 18.3. The van der Waals surface area contributed by atoms with Crippen molar-refractivity contribution in [3.8, 4) is 0 Å². The van der Waals surface area contributed by atoms with Gasteiger partial charge in [-0.2, -0.15) is 0 Å². The Morgan fingerprint density at radius 3 is 2.60 bits per heavy atom. The normalized spacial score (nSPS) is 10.7. The minimum Gasteiger partial charge on any atom is -0.321 e. The van der Waals surface area contributed by atoms with Crippen molar-refractivity contribution in [2.24, 2.45) is 0 Å². The van der Waals surface area contributed by atoms with Crippen LogP contribution in [0.15, 0.2) is 58.8 Å². The first-order chi connectivity index (χ1) is 12.0. The SMILES string of the molecule is Cc1ccc(NC(=O)c2sccc2SCc2ccc(Cl)cc2Cl)cc1. The Morgan fingerprint density at radius 2 is 1.88 bits per heavy atom. The summed E-state index contributed by atoms with van der Waals surface area (Å²) in [6.45, 7) is 2.02. The number of halogens is 2. The largest absolute Gasteiger partial charge is 0.321 e. The summed E-state index contributed by atoms with van der Waals surface area (Å²) in [6, 6.07) is 15.2. The van der Waals surface area contributed by atoms with Crippen LogP contribution in [0.5, 0.6) is 0 Å². The van der Waals surface area contributed by atoms with Crippen molar-refractivity contribution < 1.29 is 4.79 Å². The Balaban J connectivity index is 1.69. The highest BCUT2D eigenvalue weighted by Crippen LogP contribution is 2.33. The number of carbonyl (C=O) groups is 1. The van der Waals surface area contributed by atoms with Crippen LogP contribution in [-0.2, 0) is 5.75 Å². The summed E-state index contributed by atoms with van der Waals surface area (Å²) in [5.74, 6) is 0.584. The number of hydrogen-bond acceptors (Lipinski definition) is 3. The monoisotopic (exact) mass is 407 g/mol. The number of thiophene rings is 1. The third-order valence-electron chi connectivity index (χ3n) is 3.54. The van der Waals surface area contributed by atoms with E-state index in [0.717, 1.165) is 21.7 Å². The molecule has 0 spiro atoms. The Hall–Kier alpha value is -1.46. The summed E-state index contributed by atoms with van der Waals surface area (Å²) in [7, 11) is 0. The van der Waals surface area contributed by atoms with E-state index in [1.807, 2.05) is 54.8 Å². The molecule has 1 aromatic heterocycles. The van der Waals surface area contributed by atoms with Crippen molar-refractivity contribution in [1.29, 1.82) is 0 Å². The van der Waals surface area contributed by atoms with Crippen LogP contribution in [-0.4, -0.2) is 5.91 Å². The van der Waals surface area contributed by atoms with Crippen LogP contribution in [0.2, 0.25) is 10.0 Å². The van der Waals surface area contributed by atoms with Crippen molar-refractivity contribution in [3.05, 3.63) is 80.0 Å². The van der Waals surface area contributed by atoms with Gasteiger partial charge in [0.25, 0.3) is 5.91 Å². The molecule has 0 saturated carbocycles. The summed E-state index contributed by atoms with van der Waals surface area (Å²) in [4.78, 5) is 14.2. The number of nitrogens with one attached hydrogen (secondary N) is 1. The van der Waals surface area contributed by atoms with Gasteiger partial charge in [-0.1, -0.05) is 47.0 Å². The average molecular weight is 408 g/mol. The van der Waals surface area contributed by atoms with Crippen molar-refractivity contribution >= 4 is 57.9 Å². The Bertz CT molecular complexity index is 891. The molecule has 0 atom stereocenters. The highest BCUT2D eigenvalue weighted by atomic mass is 35.5. The van der Waals surface area contributed by atoms with Gasteiger partial charge in [-0.3, -0.25) is 4.79 Å². The van der Waals surface area contributed by atoms with Gasteiger partial charge in [0.2, 0.25) is 0 Å². The lowest BCUT2D eigenvalue weighted by molar-refractivity contribution is 0.102. The van der Waals surface area contributed by atoms with E-state index in [-0.39, 0.29) is 5.91 Å². The minimum atomic E-state index is -0.0939. The van der Waals surface area contributed by atoms with Crippen molar-refractivity contribution in [2.45, 2.75) is 17.6 Å². The number of carbonyl (C=O) groups excluding carboxylic acids is 1. The van der Waals surface area contributed by atoms with Crippen molar-refractivity contribution in [2.75, 3.05) is 5.32 Å². The Morgan fingerprint density at radius 1 is 1.12 bits per heavy atom. The van der Waals surface area contributed by atoms with E-state index in [9.17, 15) is 4.79 Å². The molecule has 0 fully saturated rings. The van der Waals surface area contributed by atoms with Crippen LogP contribution in [0.1, 0.15) is 20.8 Å². The van der Waals surface area contributed by atoms with E-state index in [4.69, 9.17) is 23.2 Å². The van der Waals surface area contributed by atoms with Crippen LogP contribution in [0.3, 0.4) is 0 Å². The molecule has 6 heteroatoms. The third-order valence-corrected chi connectivity index (χ3v) is 6.28. The molecule has 0 radical (unpaired) electrons. The number of rotatable bonds is 5. The predicted molar refractivity (Wildman–Crippen MR) is 109 cm³/mol. The van der Waals surface area contributed by atoms with Gasteiger partial charge < -0.3 is 5.32 Å². The molecule has 0 aliphatic heterocycles. The lowest BCUT2D eigenvalue weighted by atomic mass is 10.2. The molecule has 0 bridgehead atoms. The van der Waals surface area contributed by atoms with Gasteiger partial charge >= 0.3 is 0 Å². The third kappa shape index (κ3) is 4.79. The first-order valence-electron chi connectivity index (χ1n) is 7.55. The number of benzene rings is 2. The molecule has 128 valence electrons. The fourth-order valence-corrected chi connectivity index (χ4v) is 4.79. The van der Waals surface area contributed by atoms with E-state index in [0.29, 0.717) is 20.7 Å². The van der Waals surface area contributed by atoms with Crippen molar-refractivity contribution in [1.82, 2.24) is 0 Å². The summed E-state index contributed by atoms with van der Waals surface area (Å²) in [5.41, 5.74) is 2.94. The van der Waals surface area contributed by atoms with Gasteiger partial charge in [-0.25, -0.2) is 0 Å². The highest BCUT2D eigenvalue weighted by molar-refractivity contribution is 7.98. The van der Waals surface area contributed by atoms with Crippen LogP contribution in [0, 0.1) is 6.92 Å². The van der Waals surface area contributed by atoms with Gasteiger partial charge in [0.05, 0.1) is 0 Å². The molecule has 0 saturated heterocycles. The summed E-state index contributed by atoms with van der Waals surface area (Å²) < 4.78 is 0. The second-order valence-corrected chi connectivity index (χ2v) is 8.24. The smallest absolute Gasteiger partial charge is 0.266 e. The molecule has 1 N–H and O–H groups in total. The summed E-state index contributed by atoms with van der Waals surface area (Å²) in [5, 5.41) is 6.13. The Kier molecular flexibility index (Phi) is 6.07. The number of thioether (sulfide) groups is 1. The van der Waals surface area contributed by atoms with Gasteiger partial charge in [-0.05, 0) is 48.2 Å². The van der Waals surface area contributed by atoms with E-state index in [1.165, 1.54) is 11.3 Å². The van der Waals surface area contributed by atoms with Gasteiger partial charge in [-0.15, -0.1) is 23.1 Å². The molecule has 1 amide bonds. The highest BCUT2D eigenvalue weighted by Gasteiger charge is 2.14. The number of hydrogen-bond donors (Lipinski definition) is 1. The van der Waals surface area contributed by atoms with Crippen LogP contribution < -0.4 is 5.32 Å². The molecule has 0 aliphatic rings. The molecule has 0 aliphatic carbocycles. The fourth-order valence-electron chi connectivity index (χ4n) is 2.20. The van der Waals surface area contributed by atoms with E-state index < -0.39 is 0 Å². The van der Waals surface area contributed by atoms with E-state index >= 15 is 0 Å². The van der Waals surface area contributed by atoms with E-state index in [1.54, 1.807) is 17.8 Å². The van der Waals surface area contributed by atoms with Crippen molar-refractivity contribution in [3.63, 3.8) is 0 Å². The lowest BCUT2D eigenvalue weighted by Gasteiger charge is -2.07. The summed E-state index contributed by atoms with van der Waals surface area (Å²) >= 11 is 15.2. The zero-order valence-electron chi connectivity index (χ0n) is 13.4. The molecule has 2 nitrogen and oxygen atoms in total. The maximum Gasteiger partial charge on any atom is 0.266 e. The van der Waals surface area contributed by atoms with Crippen LogP contribution in [0.25, 0.3) is 0 Å². The molecule has 2 aromatic carbocycles. The summed E-state index contributed by atoms with van der Waals surface area (Å²) in [6.07, 6.45) is 0. The van der Waals surface area contributed by atoms with Crippen LogP contribution >= 0.6 is 46.3 Å². The standard InChI is InChI=1S/C19H15Cl2NOS2/c1-12-2-6-15(7-3-12)22-19(23)18-17(8-9-24-18)25-11-13-4-5-14(20)10-16(13)21/h2-10H,11H2,1H3,(H,22,23). The number of amides is 1. The average Bonchev–Trinajstić information content (AvgIpc) is 3.05. The van der Waals surface area contributed by atoms with E-state index in [2.05, 4.69) is 5.32 Å². The topological polar surface area (TPSA) is 29.1 Å². The molecule has 1 heterocycles. The number of aryl methyl sites for hydroxylation is 1. The molecular weight excluding hydrogens is 393 g/mol. The zero-order valence-corrected chi connectivity index (χ0v) is 16.5. The first-order valence-corrected chi connectivity index (χ1v) is 10.2. The fraction of sp³-hybridized carbons (Fsp3) is 0.105. The predicted octanol–water partition coefficient (Wildman–Crippen LogP) is 6.91. The number of anilines is 1. The molecule has 0 unspecified atom stereocenters. The molecule has 3 rings (SSSR count).